The number of rotatable bonds is 7. The third-order valence-corrected chi connectivity index (χ3v) is 8.01. The van der Waals surface area contributed by atoms with Crippen molar-refractivity contribution < 1.29 is 18.8 Å². The molecule has 1 saturated heterocycles. The SMILES string of the molecule is CC1(C)S[C@@H]2c3ccccc3C(=O)N2[C@@H]1C(=O)N[C@@H](Cc1ccccc1)C(=O)NCc1ccco1. The molecule has 35 heavy (non-hydrogen) atoms. The molecule has 0 bridgehead atoms. The van der Waals surface area contributed by atoms with Crippen LogP contribution in [0.25, 0.3) is 0 Å². The number of carbonyl (C=O) groups is 3. The van der Waals surface area contributed by atoms with E-state index < -0.39 is 16.8 Å². The van der Waals surface area contributed by atoms with Gasteiger partial charge < -0.3 is 20.0 Å². The lowest BCUT2D eigenvalue weighted by molar-refractivity contribution is -0.131. The van der Waals surface area contributed by atoms with Crippen LogP contribution >= 0.6 is 11.8 Å². The first kappa shape index (κ1) is 23.2. The molecular formula is C27H27N3O4S. The van der Waals surface area contributed by atoms with Gasteiger partial charge in [0.25, 0.3) is 5.91 Å². The van der Waals surface area contributed by atoms with Gasteiger partial charge in [-0.3, -0.25) is 14.4 Å². The smallest absolute Gasteiger partial charge is 0.256 e. The summed E-state index contributed by atoms with van der Waals surface area (Å²) in [4.78, 5) is 41.8. The molecule has 3 atom stereocenters. The summed E-state index contributed by atoms with van der Waals surface area (Å²) < 4.78 is 4.78. The molecule has 0 radical (unpaired) electrons. The van der Waals surface area contributed by atoms with Crippen molar-refractivity contribution in [3.05, 3.63) is 95.4 Å². The molecule has 2 aromatic carbocycles. The van der Waals surface area contributed by atoms with Gasteiger partial charge in [-0.15, -0.1) is 11.8 Å². The summed E-state index contributed by atoms with van der Waals surface area (Å²) in [6.45, 7) is 4.17. The molecule has 3 aromatic rings. The van der Waals surface area contributed by atoms with E-state index in [2.05, 4.69) is 10.6 Å². The summed E-state index contributed by atoms with van der Waals surface area (Å²) in [5.41, 5.74) is 2.49. The van der Waals surface area contributed by atoms with Gasteiger partial charge in [0, 0.05) is 16.7 Å². The number of nitrogens with zero attached hydrogens (tertiary/aromatic N) is 1. The third-order valence-electron chi connectivity index (χ3n) is 6.48. The molecule has 0 unspecified atom stereocenters. The van der Waals surface area contributed by atoms with Crippen LogP contribution in [0.5, 0.6) is 0 Å². The van der Waals surface area contributed by atoms with Crippen LogP contribution in [0.4, 0.5) is 0 Å². The van der Waals surface area contributed by atoms with Crippen molar-refractivity contribution in [1.82, 2.24) is 15.5 Å². The second kappa shape index (κ2) is 9.26. The first-order valence-corrected chi connectivity index (χ1v) is 12.5. The van der Waals surface area contributed by atoms with Crippen molar-refractivity contribution in [3.63, 3.8) is 0 Å². The zero-order valence-corrected chi connectivity index (χ0v) is 20.4. The Bertz CT molecular complexity index is 1240. The molecule has 2 aliphatic rings. The summed E-state index contributed by atoms with van der Waals surface area (Å²) in [7, 11) is 0. The van der Waals surface area contributed by atoms with Crippen molar-refractivity contribution >= 4 is 29.5 Å². The van der Waals surface area contributed by atoms with Gasteiger partial charge in [0.15, 0.2) is 0 Å². The van der Waals surface area contributed by atoms with Crippen LogP contribution in [0.2, 0.25) is 0 Å². The molecule has 2 N–H and O–H groups in total. The van der Waals surface area contributed by atoms with Crippen LogP contribution < -0.4 is 10.6 Å². The molecular weight excluding hydrogens is 462 g/mol. The van der Waals surface area contributed by atoms with E-state index in [1.54, 1.807) is 41.1 Å². The van der Waals surface area contributed by atoms with Crippen molar-refractivity contribution in [3.8, 4) is 0 Å². The van der Waals surface area contributed by atoms with Crippen LogP contribution in [0.1, 0.15) is 46.5 Å². The quantitative estimate of drug-likeness (QED) is 0.528. The monoisotopic (exact) mass is 489 g/mol. The van der Waals surface area contributed by atoms with Crippen molar-refractivity contribution in [2.75, 3.05) is 0 Å². The highest BCUT2D eigenvalue weighted by molar-refractivity contribution is 8.01. The highest BCUT2D eigenvalue weighted by atomic mass is 32.2. The fraction of sp³-hybridized carbons (Fsp3) is 0.296. The van der Waals surface area contributed by atoms with E-state index in [1.165, 1.54) is 0 Å². The molecule has 7 nitrogen and oxygen atoms in total. The molecule has 5 rings (SSSR count). The van der Waals surface area contributed by atoms with Crippen molar-refractivity contribution in [2.45, 2.75) is 49.0 Å². The van der Waals surface area contributed by atoms with Gasteiger partial charge in [-0.05, 0) is 43.2 Å². The van der Waals surface area contributed by atoms with E-state index in [-0.39, 0.29) is 29.6 Å². The standard InChI is InChI=1S/C27H27N3O4S/c1-27(2)22(30-25(33)19-12-6-7-13-20(19)26(30)35-27)24(32)29-21(15-17-9-4-3-5-10-17)23(31)28-16-18-11-8-14-34-18/h3-14,21-22,26H,15-16H2,1-2H3,(H,28,31)(H,29,32)/t21-,22+,26+/m0/s1. The van der Waals surface area contributed by atoms with Gasteiger partial charge in [0.2, 0.25) is 11.8 Å². The maximum atomic E-state index is 13.7. The highest BCUT2D eigenvalue weighted by Crippen LogP contribution is 2.56. The summed E-state index contributed by atoms with van der Waals surface area (Å²) >= 11 is 1.60. The van der Waals surface area contributed by atoms with Gasteiger partial charge >= 0.3 is 0 Å². The lowest BCUT2D eigenvalue weighted by atomic mass is 9.99. The average molecular weight is 490 g/mol. The largest absolute Gasteiger partial charge is 0.467 e. The van der Waals surface area contributed by atoms with Gasteiger partial charge in [0.1, 0.15) is 23.2 Å². The Morgan fingerprint density at radius 1 is 1.06 bits per heavy atom. The Labute approximate surface area is 208 Å². The number of amides is 3. The Balaban J connectivity index is 1.37. The number of fused-ring (bicyclic) bond motifs is 3. The third kappa shape index (κ3) is 4.46. The van der Waals surface area contributed by atoms with Crippen LogP contribution in [-0.4, -0.2) is 39.5 Å². The first-order chi connectivity index (χ1) is 16.8. The van der Waals surface area contributed by atoms with Gasteiger partial charge in [-0.2, -0.15) is 0 Å². The second-order valence-corrected chi connectivity index (χ2v) is 11.1. The van der Waals surface area contributed by atoms with E-state index in [4.69, 9.17) is 4.42 Å². The maximum absolute atomic E-state index is 13.7. The Morgan fingerprint density at radius 3 is 2.54 bits per heavy atom. The molecule has 1 aromatic heterocycles. The lowest BCUT2D eigenvalue weighted by Gasteiger charge is -2.31. The first-order valence-electron chi connectivity index (χ1n) is 11.6. The number of thioether (sulfide) groups is 1. The van der Waals surface area contributed by atoms with Crippen LogP contribution in [0.3, 0.4) is 0 Å². The number of nitrogens with one attached hydrogen (secondary N) is 2. The van der Waals surface area contributed by atoms with E-state index in [0.29, 0.717) is 17.7 Å². The molecule has 8 heteroatoms. The predicted molar refractivity (Wildman–Crippen MR) is 133 cm³/mol. The number of hydrogen-bond acceptors (Lipinski definition) is 5. The van der Waals surface area contributed by atoms with E-state index in [0.717, 1.165) is 11.1 Å². The number of furan rings is 1. The minimum absolute atomic E-state index is 0.147. The van der Waals surface area contributed by atoms with Gasteiger partial charge in [0.05, 0.1) is 12.8 Å². The van der Waals surface area contributed by atoms with Crippen LogP contribution in [0, 0.1) is 0 Å². The fourth-order valence-corrected chi connectivity index (χ4v) is 6.41. The second-order valence-electron chi connectivity index (χ2n) is 9.32. The minimum Gasteiger partial charge on any atom is -0.467 e. The summed E-state index contributed by atoms with van der Waals surface area (Å²) in [6, 6.07) is 19.1. The zero-order chi connectivity index (χ0) is 24.6. The topological polar surface area (TPSA) is 91.7 Å². The minimum atomic E-state index is -0.806. The summed E-state index contributed by atoms with van der Waals surface area (Å²) in [6.07, 6.45) is 1.88. The lowest BCUT2D eigenvalue weighted by Crippen LogP contribution is -2.57. The Morgan fingerprint density at radius 2 is 1.80 bits per heavy atom. The number of benzene rings is 2. The van der Waals surface area contributed by atoms with E-state index in [9.17, 15) is 14.4 Å². The number of hydrogen-bond donors (Lipinski definition) is 2. The van der Waals surface area contributed by atoms with Gasteiger partial charge in [-0.25, -0.2) is 0 Å². The maximum Gasteiger partial charge on any atom is 0.256 e. The number of carbonyl (C=O) groups excluding carboxylic acids is 3. The summed E-state index contributed by atoms with van der Waals surface area (Å²) in [5.74, 6) is -0.166. The van der Waals surface area contributed by atoms with Crippen LogP contribution in [0.15, 0.2) is 77.4 Å². The average Bonchev–Trinajstić information content (AvgIpc) is 3.53. The highest BCUT2D eigenvalue weighted by Gasteiger charge is 2.57. The Kier molecular flexibility index (Phi) is 6.15. The Hall–Kier alpha value is -3.52. The normalized spacial score (nSPS) is 20.7. The molecule has 0 saturated carbocycles. The molecule has 1 fully saturated rings. The van der Waals surface area contributed by atoms with E-state index >= 15 is 0 Å². The van der Waals surface area contributed by atoms with Crippen LogP contribution in [-0.2, 0) is 22.6 Å². The van der Waals surface area contributed by atoms with E-state index in [1.807, 2.05) is 62.4 Å². The molecule has 3 amide bonds. The molecule has 180 valence electrons. The summed E-state index contributed by atoms with van der Waals surface area (Å²) in [5, 5.41) is 5.60. The molecule has 0 spiro atoms. The molecule has 2 aliphatic heterocycles. The predicted octanol–water partition coefficient (Wildman–Crippen LogP) is 3.67. The van der Waals surface area contributed by atoms with Gasteiger partial charge in [-0.1, -0.05) is 48.5 Å². The fourth-order valence-electron chi connectivity index (χ4n) is 4.82. The van der Waals surface area contributed by atoms with Crippen molar-refractivity contribution in [1.29, 1.82) is 0 Å². The zero-order valence-electron chi connectivity index (χ0n) is 19.6. The molecule has 3 heterocycles. The molecule has 0 aliphatic carbocycles. The van der Waals surface area contributed by atoms with Crippen molar-refractivity contribution in [2.24, 2.45) is 0 Å².